The molecule has 2 heteroatoms. The van der Waals surface area contributed by atoms with E-state index in [1.165, 1.54) is 11.6 Å². The summed E-state index contributed by atoms with van der Waals surface area (Å²) in [5.74, 6) is 0.0940. The summed E-state index contributed by atoms with van der Waals surface area (Å²) in [6.45, 7) is 0. The van der Waals surface area contributed by atoms with Crippen LogP contribution in [-0.4, -0.2) is 0 Å². The molecule has 0 radical (unpaired) electrons. The summed E-state index contributed by atoms with van der Waals surface area (Å²) in [5.41, 5.74) is 8.09. The number of nitrogens with two attached hydrogens (primary N) is 1. The van der Waals surface area contributed by atoms with Gasteiger partial charge in [0.1, 0.15) is 5.82 Å². The molecule has 0 bridgehead atoms. The molecular formula is C15H14FN. The van der Waals surface area contributed by atoms with E-state index in [9.17, 15) is 4.39 Å². The number of halogens is 1. The van der Waals surface area contributed by atoms with Gasteiger partial charge in [-0.15, -0.1) is 0 Å². The monoisotopic (exact) mass is 227 g/mol. The van der Waals surface area contributed by atoms with Gasteiger partial charge in [-0.3, -0.25) is 0 Å². The molecule has 1 aliphatic rings. The van der Waals surface area contributed by atoms with Crippen LogP contribution in [-0.2, 0) is 5.54 Å². The maximum Gasteiger partial charge on any atom is 0.123 e. The Balaban J connectivity index is 1.92. The van der Waals surface area contributed by atoms with Crippen molar-refractivity contribution in [3.05, 3.63) is 71.5 Å². The molecule has 86 valence electrons. The van der Waals surface area contributed by atoms with Gasteiger partial charge in [0.25, 0.3) is 0 Å². The molecule has 17 heavy (non-hydrogen) atoms. The van der Waals surface area contributed by atoms with E-state index >= 15 is 0 Å². The predicted molar refractivity (Wildman–Crippen MR) is 66.1 cm³/mol. The van der Waals surface area contributed by atoms with Crippen LogP contribution in [0.25, 0.3) is 0 Å². The van der Waals surface area contributed by atoms with Crippen LogP contribution in [0, 0.1) is 5.82 Å². The topological polar surface area (TPSA) is 26.0 Å². The number of benzene rings is 2. The van der Waals surface area contributed by atoms with Crippen molar-refractivity contribution in [2.45, 2.75) is 17.9 Å². The first-order valence-electron chi connectivity index (χ1n) is 5.80. The highest BCUT2D eigenvalue weighted by Gasteiger charge is 2.52. The first-order valence-corrected chi connectivity index (χ1v) is 5.80. The second-order valence-corrected chi connectivity index (χ2v) is 4.72. The van der Waals surface area contributed by atoms with Crippen LogP contribution < -0.4 is 5.73 Å². The third-order valence-corrected chi connectivity index (χ3v) is 3.57. The van der Waals surface area contributed by atoms with Crippen LogP contribution >= 0.6 is 0 Å². The maximum absolute atomic E-state index is 13.2. The molecule has 3 rings (SSSR count). The Morgan fingerprint density at radius 1 is 1.06 bits per heavy atom. The highest BCUT2D eigenvalue weighted by molar-refractivity contribution is 5.41. The summed E-state index contributed by atoms with van der Waals surface area (Å²) in [5, 5.41) is 0. The fourth-order valence-electron chi connectivity index (χ4n) is 2.48. The first kappa shape index (κ1) is 10.5. The molecular weight excluding hydrogens is 213 g/mol. The maximum atomic E-state index is 13.2. The van der Waals surface area contributed by atoms with E-state index in [0.717, 1.165) is 12.0 Å². The number of hydrogen-bond donors (Lipinski definition) is 1. The highest BCUT2D eigenvalue weighted by Crippen LogP contribution is 2.56. The smallest absolute Gasteiger partial charge is 0.123 e. The van der Waals surface area contributed by atoms with E-state index in [1.54, 1.807) is 12.1 Å². The van der Waals surface area contributed by atoms with Crippen molar-refractivity contribution < 1.29 is 4.39 Å². The molecule has 2 aromatic rings. The molecule has 2 atom stereocenters. The molecule has 1 saturated carbocycles. The Morgan fingerprint density at radius 3 is 2.53 bits per heavy atom. The van der Waals surface area contributed by atoms with Crippen molar-refractivity contribution in [1.82, 2.24) is 0 Å². The molecule has 2 aromatic carbocycles. The van der Waals surface area contributed by atoms with Gasteiger partial charge >= 0.3 is 0 Å². The predicted octanol–water partition coefficient (Wildman–Crippen LogP) is 3.17. The summed E-state index contributed by atoms with van der Waals surface area (Å²) in [6.07, 6.45) is 0.889. The van der Waals surface area contributed by atoms with Gasteiger partial charge in [-0.1, -0.05) is 42.5 Å². The van der Waals surface area contributed by atoms with Crippen LogP contribution in [0.4, 0.5) is 4.39 Å². The van der Waals surface area contributed by atoms with Gasteiger partial charge in [0.15, 0.2) is 0 Å². The van der Waals surface area contributed by atoms with Crippen LogP contribution in [0.1, 0.15) is 23.5 Å². The lowest BCUT2D eigenvalue weighted by molar-refractivity contribution is 0.615. The standard InChI is InChI=1S/C15H14FN/c16-13-8-4-7-12(9-13)15(17)10-14(15)11-5-2-1-3-6-11/h1-9,14H,10,17H2. The first-order chi connectivity index (χ1) is 8.20. The quantitative estimate of drug-likeness (QED) is 0.837. The fraction of sp³-hybridized carbons (Fsp3) is 0.200. The molecule has 1 aliphatic carbocycles. The molecule has 2 N–H and O–H groups in total. The number of rotatable bonds is 2. The van der Waals surface area contributed by atoms with Crippen molar-refractivity contribution in [3.63, 3.8) is 0 Å². The zero-order valence-corrected chi connectivity index (χ0v) is 9.44. The van der Waals surface area contributed by atoms with E-state index in [4.69, 9.17) is 5.73 Å². The molecule has 0 spiro atoms. The summed E-state index contributed by atoms with van der Waals surface area (Å²) in [6, 6.07) is 16.8. The van der Waals surface area contributed by atoms with Gasteiger partial charge in [0.2, 0.25) is 0 Å². The van der Waals surface area contributed by atoms with E-state index in [2.05, 4.69) is 12.1 Å². The summed E-state index contributed by atoms with van der Waals surface area (Å²) < 4.78 is 13.2. The van der Waals surface area contributed by atoms with Crippen LogP contribution in [0.2, 0.25) is 0 Å². The zero-order chi connectivity index (χ0) is 11.9. The van der Waals surface area contributed by atoms with E-state index in [0.29, 0.717) is 5.92 Å². The average Bonchev–Trinajstić information content (AvgIpc) is 3.05. The summed E-state index contributed by atoms with van der Waals surface area (Å²) >= 11 is 0. The summed E-state index contributed by atoms with van der Waals surface area (Å²) in [4.78, 5) is 0. The van der Waals surface area contributed by atoms with Crippen molar-refractivity contribution in [2.75, 3.05) is 0 Å². The van der Waals surface area contributed by atoms with Gasteiger partial charge < -0.3 is 5.73 Å². The third kappa shape index (κ3) is 1.75. The molecule has 0 aliphatic heterocycles. The normalized spacial score (nSPS) is 26.8. The molecule has 0 heterocycles. The SMILES string of the molecule is NC1(c2cccc(F)c2)CC1c1ccccc1. The number of hydrogen-bond acceptors (Lipinski definition) is 1. The Bertz CT molecular complexity index is 538. The molecule has 1 nitrogen and oxygen atoms in total. The molecule has 0 aromatic heterocycles. The van der Waals surface area contributed by atoms with Gasteiger partial charge in [0.05, 0.1) is 0 Å². The largest absolute Gasteiger partial charge is 0.321 e. The molecule has 0 amide bonds. The second kappa shape index (κ2) is 3.67. The fourth-order valence-corrected chi connectivity index (χ4v) is 2.48. The third-order valence-electron chi connectivity index (χ3n) is 3.57. The minimum atomic E-state index is -0.385. The van der Waals surface area contributed by atoms with Crippen LogP contribution in [0.5, 0.6) is 0 Å². The van der Waals surface area contributed by atoms with Gasteiger partial charge in [0, 0.05) is 11.5 Å². The Labute approximate surface area is 100 Å². The van der Waals surface area contributed by atoms with Crippen LogP contribution in [0.3, 0.4) is 0 Å². The van der Waals surface area contributed by atoms with E-state index in [1.807, 2.05) is 24.3 Å². The van der Waals surface area contributed by atoms with E-state index in [-0.39, 0.29) is 11.4 Å². The highest BCUT2D eigenvalue weighted by atomic mass is 19.1. The lowest BCUT2D eigenvalue weighted by Gasteiger charge is -2.12. The lowest BCUT2D eigenvalue weighted by Crippen LogP contribution is -2.21. The van der Waals surface area contributed by atoms with Crippen molar-refractivity contribution >= 4 is 0 Å². The van der Waals surface area contributed by atoms with E-state index < -0.39 is 0 Å². The Hall–Kier alpha value is -1.67. The van der Waals surface area contributed by atoms with Crippen LogP contribution in [0.15, 0.2) is 54.6 Å². The lowest BCUT2D eigenvalue weighted by atomic mass is 9.99. The minimum absolute atomic E-state index is 0.217. The molecule has 0 saturated heterocycles. The Morgan fingerprint density at radius 2 is 1.82 bits per heavy atom. The summed E-state index contributed by atoms with van der Waals surface area (Å²) in [7, 11) is 0. The zero-order valence-electron chi connectivity index (χ0n) is 9.44. The average molecular weight is 227 g/mol. The molecule has 2 unspecified atom stereocenters. The van der Waals surface area contributed by atoms with Crippen molar-refractivity contribution in [1.29, 1.82) is 0 Å². The molecule has 1 fully saturated rings. The Kier molecular flexibility index (Phi) is 2.26. The van der Waals surface area contributed by atoms with Gasteiger partial charge in [-0.2, -0.15) is 0 Å². The van der Waals surface area contributed by atoms with Crippen molar-refractivity contribution in [3.8, 4) is 0 Å². The second-order valence-electron chi connectivity index (χ2n) is 4.72. The van der Waals surface area contributed by atoms with Crippen molar-refractivity contribution in [2.24, 2.45) is 5.73 Å². The van der Waals surface area contributed by atoms with Gasteiger partial charge in [-0.25, -0.2) is 4.39 Å². The minimum Gasteiger partial charge on any atom is -0.321 e. The van der Waals surface area contributed by atoms with Gasteiger partial charge in [-0.05, 0) is 29.7 Å².